The van der Waals surface area contributed by atoms with Gasteiger partial charge in [0.15, 0.2) is 5.13 Å². The summed E-state index contributed by atoms with van der Waals surface area (Å²) in [7, 11) is 0. The van der Waals surface area contributed by atoms with E-state index < -0.39 is 5.41 Å². The van der Waals surface area contributed by atoms with Gasteiger partial charge in [-0.05, 0) is 38.5 Å². The first-order chi connectivity index (χ1) is 9.30. The molecule has 3 rings (SSSR count). The molecule has 6 heteroatoms. The molecule has 0 saturated heterocycles. The molecule has 20 heavy (non-hydrogen) atoms. The number of carbonyl (C=O) groups excluding carboxylic acids is 1. The zero-order valence-corrected chi connectivity index (χ0v) is 12.9. The molecule has 1 amide bonds. The van der Waals surface area contributed by atoms with E-state index >= 15 is 0 Å². The molecule has 1 aliphatic rings. The number of carbonyl (C=O) groups is 1. The Labute approximate surface area is 126 Å². The number of nitrogens with one attached hydrogen (secondary N) is 1. The van der Waals surface area contributed by atoms with Gasteiger partial charge in [-0.2, -0.15) is 0 Å². The van der Waals surface area contributed by atoms with Gasteiger partial charge in [-0.3, -0.25) is 4.79 Å². The van der Waals surface area contributed by atoms with Crippen molar-refractivity contribution < 1.29 is 4.79 Å². The van der Waals surface area contributed by atoms with Crippen LogP contribution in [0.4, 0.5) is 10.8 Å². The van der Waals surface area contributed by atoms with Crippen molar-refractivity contribution >= 4 is 39.7 Å². The minimum atomic E-state index is -0.593. The van der Waals surface area contributed by atoms with Crippen molar-refractivity contribution in [3.63, 3.8) is 0 Å². The molecule has 1 aliphatic heterocycles. The number of aromatic nitrogens is 1. The molecule has 1 aromatic heterocycles. The number of amides is 1. The average molecular weight is 308 g/mol. The Balaban J connectivity index is 2.23. The van der Waals surface area contributed by atoms with E-state index in [2.05, 4.69) is 10.3 Å². The zero-order chi connectivity index (χ0) is 14.7. The van der Waals surface area contributed by atoms with Crippen molar-refractivity contribution in [2.45, 2.75) is 26.2 Å². The third-order valence-electron chi connectivity index (χ3n) is 3.66. The SMILES string of the molecule is Cc1sc(N)nc1-c1cc(Cl)c2c(c1)C(C)(C)C(=O)N2. The van der Waals surface area contributed by atoms with Gasteiger partial charge < -0.3 is 11.1 Å². The number of nitrogen functional groups attached to an aromatic ring is 1. The average Bonchev–Trinajstić information content (AvgIpc) is 2.80. The fourth-order valence-corrected chi connectivity index (χ4v) is 3.42. The van der Waals surface area contributed by atoms with Crippen molar-refractivity contribution in [3.05, 3.63) is 27.6 Å². The van der Waals surface area contributed by atoms with Crippen molar-refractivity contribution in [2.75, 3.05) is 11.1 Å². The van der Waals surface area contributed by atoms with Crippen molar-refractivity contribution in [2.24, 2.45) is 0 Å². The molecule has 0 aliphatic carbocycles. The topological polar surface area (TPSA) is 68.0 Å². The summed E-state index contributed by atoms with van der Waals surface area (Å²) in [6.45, 7) is 5.74. The van der Waals surface area contributed by atoms with Gasteiger partial charge in [0.05, 0.1) is 21.8 Å². The van der Waals surface area contributed by atoms with Crippen LogP contribution in [0.15, 0.2) is 12.1 Å². The lowest BCUT2D eigenvalue weighted by atomic mass is 9.85. The maximum absolute atomic E-state index is 12.0. The van der Waals surface area contributed by atoms with Crippen LogP contribution >= 0.6 is 22.9 Å². The number of benzene rings is 1. The third kappa shape index (κ3) is 1.81. The number of hydrogen-bond donors (Lipinski definition) is 2. The van der Waals surface area contributed by atoms with Crippen LogP contribution in [0.3, 0.4) is 0 Å². The standard InChI is InChI=1S/C14H14ClN3OS/c1-6-10(18-13(16)20-6)7-4-8-11(9(15)5-7)17-12(19)14(8,2)3/h4-5H,1-3H3,(H2,16,18)(H,17,19). The predicted molar refractivity (Wildman–Crippen MR) is 83.4 cm³/mol. The lowest BCUT2D eigenvalue weighted by molar-refractivity contribution is -0.119. The normalized spacial score (nSPS) is 16.1. The molecule has 0 saturated carbocycles. The quantitative estimate of drug-likeness (QED) is 0.846. The summed E-state index contributed by atoms with van der Waals surface area (Å²) < 4.78 is 0. The number of nitrogens with two attached hydrogens (primary N) is 1. The number of fused-ring (bicyclic) bond motifs is 1. The number of thiazole rings is 1. The first kappa shape index (κ1) is 13.4. The Bertz CT molecular complexity index is 736. The van der Waals surface area contributed by atoms with Crippen LogP contribution in [0.2, 0.25) is 5.02 Å². The largest absolute Gasteiger partial charge is 0.375 e. The summed E-state index contributed by atoms with van der Waals surface area (Å²) >= 11 is 7.75. The van der Waals surface area contributed by atoms with Gasteiger partial charge in [0.2, 0.25) is 5.91 Å². The van der Waals surface area contributed by atoms with Gasteiger partial charge in [0, 0.05) is 10.4 Å². The molecule has 0 unspecified atom stereocenters. The van der Waals surface area contributed by atoms with Crippen LogP contribution in [-0.2, 0) is 10.2 Å². The minimum absolute atomic E-state index is 0.0407. The van der Waals surface area contributed by atoms with E-state index in [9.17, 15) is 4.79 Å². The van der Waals surface area contributed by atoms with E-state index in [0.717, 1.165) is 21.7 Å². The first-order valence-corrected chi connectivity index (χ1v) is 7.39. The van der Waals surface area contributed by atoms with Gasteiger partial charge in [-0.25, -0.2) is 4.98 Å². The van der Waals surface area contributed by atoms with Gasteiger partial charge in [0.25, 0.3) is 0 Å². The number of halogens is 1. The van der Waals surface area contributed by atoms with E-state index in [0.29, 0.717) is 15.8 Å². The Morgan fingerprint density at radius 2 is 2.10 bits per heavy atom. The smallest absolute Gasteiger partial charge is 0.234 e. The molecule has 2 heterocycles. The number of hydrogen-bond acceptors (Lipinski definition) is 4. The Morgan fingerprint density at radius 3 is 2.70 bits per heavy atom. The fourth-order valence-electron chi connectivity index (χ4n) is 2.44. The Morgan fingerprint density at radius 1 is 1.40 bits per heavy atom. The lowest BCUT2D eigenvalue weighted by Crippen LogP contribution is -2.26. The number of rotatable bonds is 1. The van der Waals surface area contributed by atoms with Crippen LogP contribution in [0, 0.1) is 6.92 Å². The highest BCUT2D eigenvalue weighted by Crippen LogP contribution is 2.44. The lowest BCUT2D eigenvalue weighted by Gasteiger charge is -2.16. The summed E-state index contributed by atoms with van der Waals surface area (Å²) in [5, 5.41) is 3.90. The molecular formula is C14H14ClN3OS. The van der Waals surface area contributed by atoms with Crippen LogP contribution in [0.25, 0.3) is 11.3 Å². The van der Waals surface area contributed by atoms with Gasteiger partial charge in [-0.15, -0.1) is 11.3 Å². The summed E-state index contributed by atoms with van der Waals surface area (Å²) in [5.74, 6) is -0.0407. The highest BCUT2D eigenvalue weighted by Gasteiger charge is 2.39. The van der Waals surface area contributed by atoms with Gasteiger partial charge >= 0.3 is 0 Å². The summed E-state index contributed by atoms with van der Waals surface area (Å²) in [5.41, 5.74) is 8.48. The second-order valence-electron chi connectivity index (χ2n) is 5.42. The van der Waals surface area contributed by atoms with E-state index in [1.54, 1.807) is 0 Å². The molecule has 0 fully saturated rings. The van der Waals surface area contributed by atoms with Crippen molar-refractivity contribution in [1.29, 1.82) is 0 Å². The monoisotopic (exact) mass is 307 g/mol. The van der Waals surface area contributed by atoms with Crippen molar-refractivity contribution in [1.82, 2.24) is 4.98 Å². The number of aryl methyl sites for hydroxylation is 1. The molecule has 2 aromatic rings. The fraction of sp³-hybridized carbons (Fsp3) is 0.286. The molecule has 3 N–H and O–H groups in total. The van der Waals surface area contributed by atoms with Crippen LogP contribution in [0.1, 0.15) is 24.3 Å². The maximum atomic E-state index is 12.0. The van der Waals surface area contributed by atoms with E-state index in [1.165, 1.54) is 11.3 Å². The zero-order valence-electron chi connectivity index (χ0n) is 11.4. The number of anilines is 2. The van der Waals surface area contributed by atoms with E-state index in [1.807, 2.05) is 32.9 Å². The van der Waals surface area contributed by atoms with Crippen LogP contribution < -0.4 is 11.1 Å². The molecule has 0 spiro atoms. The summed E-state index contributed by atoms with van der Waals surface area (Å²) in [6, 6.07) is 3.80. The first-order valence-electron chi connectivity index (χ1n) is 6.19. The highest BCUT2D eigenvalue weighted by atomic mass is 35.5. The highest BCUT2D eigenvalue weighted by molar-refractivity contribution is 7.15. The van der Waals surface area contributed by atoms with Gasteiger partial charge in [-0.1, -0.05) is 11.6 Å². The molecule has 4 nitrogen and oxygen atoms in total. The molecule has 0 radical (unpaired) electrons. The Kier molecular flexibility index (Phi) is 2.81. The maximum Gasteiger partial charge on any atom is 0.234 e. The minimum Gasteiger partial charge on any atom is -0.375 e. The summed E-state index contributed by atoms with van der Waals surface area (Å²) in [4.78, 5) is 17.4. The van der Waals surface area contributed by atoms with Crippen LogP contribution in [0.5, 0.6) is 0 Å². The predicted octanol–water partition coefficient (Wildman–Crippen LogP) is 3.58. The molecule has 0 atom stereocenters. The molecule has 0 bridgehead atoms. The molecular weight excluding hydrogens is 294 g/mol. The molecule has 1 aromatic carbocycles. The molecule has 104 valence electrons. The van der Waals surface area contributed by atoms with E-state index in [-0.39, 0.29) is 5.91 Å². The summed E-state index contributed by atoms with van der Waals surface area (Å²) in [6.07, 6.45) is 0. The second-order valence-corrected chi connectivity index (χ2v) is 7.06. The van der Waals surface area contributed by atoms with Crippen molar-refractivity contribution in [3.8, 4) is 11.3 Å². The van der Waals surface area contributed by atoms with Gasteiger partial charge in [0.1, 0.15) is 0 Å². The second kappa shape index (κ2) is 4.20. The third-order valence-corrected chi connectivity index (χ3v) is 4.75. The number of nitrogens with zero attached hydrogens (tertiary/aromatic N) is 1. The Hall–Kier alpha value is -1.59. The van der Waals surface area contributed by atoms with Crippen LogP contribution in [-0.4, -0.2) is 10.9 Å². The van der Waals surface area contributed by atoms with E-state index in [4.69, 9.17) is 17.3 Å².